The number of carbonyl (C=O) groups is 2. The second-order valence-corrected chi connectivity index (χ2v) is 7.27. The Balaban J connectivity index is 1.94. The van der Waals surface area contributed by atoms with Gasteiger partial charge in [-0.3, -0.25) is 9.59 Å². The van der Waals surface area contributed by atoms with Crippen LogP contribution in [-0.4, -0.2) is 45.7 Å². The van der Waals surface area contributed by atoms with Crippen LogP contribution in [0.25, 0.3) is 10.8 Å². The zero-order chi connectivity index (χ0) is 19.5. The number of aliphatic hydroxyl groups excluding tert-OH is 1. The number of Topliss-reactive ketones (excluding diaryl/α,β-unsaturated/α-hetero) is 2. The minimum Gasteiger partial charge on any atom is -0.506 e. The van der Waals surface area contributed by atoms with E-state index in [1.807, 2.05) is 0 Å². The number of phenolic OH excluding ortho intramolecular Hbond substituents is 1. The monoisotopic (exact) mass is 368 g/mol. The standard InChI is InChI=1S/C21H20O6/c1-10(22)21(26)7-6-12-15(9-21)20(25)17-14(18(12)23)8-13-11(19(17)24)4-3-5-16(13)27-2/h3-5,8,10,22,24,26H,6-7,9H2,1-2H3/t10-,21+/m0/s1. The highest BCUT2D eigenvalue weighted by molar-refractivity contribution is 6.30. The lowest BCUT2D eigenvalue weighted by Gasteiger charge is -2.38. The number of fused-ring (bicyclic) bond motifs is 2. The zero-order valence-electron chi connectivity index (χ0n) is 15.1. The molecule has 0 saturated heterocycles. The number of hydrogen-bond acceptors (Lipinski definition) is 6. The maximum absolute atomic E-state index is 13.1. The second-order valence-electron chi connectivity index (χ2n) is 7.27. The predicted octanol–water partition coefficient (Wildman–Crippen LogP) is 2.53. The van der Waals surface area contributed by atoms with Crippen LogP contribution in [0.3, 0.4) is 0 Å². The third kappa shape index (κ3) is 2.40. The number of ketones is 2. The summed E-state index contributed by atoms with van der Waals surface area (Å²) >= 11 is 0. The average Bonchev–Trinajstić information content (AvgIpc) is 2.65. The van der Waals surface area contributed by atoms with Gasteiger partial charge in [-0.25, -0.2) is 0 Å². The number of allylic oxidation sites excluding steroid dienone is 1. The summed E-state index contributed by atoms with van der Waals surface area (Å²) in [6, 6.07) is 6.65. The molecule has 2 aromatic rings. The van der Waals surface area contributed by atoms with Crippen molar-refractivity contribution in [1.82, 2.24) is 0 Å². The highest BCUT2D eigenvalue weighted by Crippen LogP contribution is 2.45. The number of phenols is 1. The third-order valence-electron chi connectivity index (χ3n) is 5.79. The molecule has 0 spiro atoms. The molecule has 0 aromatic heterocycles. The number of hydrogen-bond donors (Lipinski definition) is 3. The predicted molar refractivity (Wildman–Crippen MR) is 98.3 cm³/mol. The molecule has 140 valence electrons. The molecule has 0 saturated carbocycles. The summed E-state index contributed by atoms with van der Waals surface area (Å²) in [6.45, 7) is 1.46. The van der Waals surface area contributed by atoms with Crippen LogP contribution in [0.15, 0.2) is 35.4 Å². The first kappa shape index (κ1) is 17.7. The van der Waals surface area contributed by atoms with Gasteiger partial charge in [0.2, 0.25) is 0 Å². The van der Waals surface area contributed by atoms with E-state index in [0.29, 0.717) is 22.1 Å². The van der Waals surface area contributed by atoms with Gasteiger partial charge in [-0.05, 0) is 31.9 Å². The summed E-state index contributed by atoms with van der Waals surface area (Å²) in [5, 5.41) is 32.3. The molecule has 0 bridgehead atoms. The molecule has 0 heterocycles. The Labute approximate surface area is 155 Å². The fraction of sp³-hybridized carbons (Fsp3) is 0.333. The molecule has 0 amide bonds. The van der Waals surface area contributed by atoms with Crippen molar-refractivity contribution in [2.75, 3.05) is 7.11 Å². The number of ether oxygens (including phenoxy) is 1. The van der Waals surface area contributed by atoms with E-state index in [9.17, 15) is 24.9 Å². The minimum absolute atomic E-state index is 0.0469. The third-order valence-corrected chi connectivity index (χ3v) is 5.79. The molecule has 0 fully saturated rings. The lowest BCUT2D eigenvalue weighted by Crippen LogP contribution is -2.45. The van der Waals surface area contributed by atoms with E-state index in [-0.39, 0.29) is 47.5 Å². The van der Waals surface area contributed by atoms with Gasteiger partial charge in [0.1, 0.15) is 11.5 Å². The van der Waals surface area contributed by atoms with Crippen molar-refractivity contribution in [3.63, 3.8) is 0 Å². The first-order chi connectivity index (χ1) is 12.8. The quantitative estimate of drug-likeness (QED) is 0.752. The summed E-state index contributed by atoms with van der Waals surface area (Å²) in [6.07, 6.45) is -0.753. The summed E-state index contributed by atoms with van der Waals surface area (Å²) in [5.74, 6) is -0.564. The maximum atomic E-state index is 13.1. The molecule has 3 N–H and O–H groups in total. The summed E-state index contributed by atoms with van der Waals surface area (Å²) in [5.41, 5.74) is -0.821. The molecule has 2 aromatic carbocycles. The van der Waals surface area contributed by atoms with Crippen molar-refractivity contribution in [3.05, 3.63) is 46.5 Å². The average molecular weight is 368 g/mol. The molecular formula is C21H20O6. The number of methoxy groups -OCH3 is 1. The van der Waals surface area contributed by atoms with Crippen LogP contribution in [-0.2, 0) is 0 Å². The Morgan fingerprint density at radius 2 is 1.89 bits per heavy atom. The van der Waals surface area contributed by atoms with Gasteiger partial charge in [0.05, 0.1) is 24.4 Å². The molecule has 2 aliphatic carbocycles. The van der Waals surface area contributed by atoms with Crippen LogP contribution in [0.1, 0.15) is 46.9 Å². The summed E-state index contributed by atoms with van der Waals surface area (Å²) in [4.78, 5) is 26.2. The Morgan fingerprint density at radius 3 is 2.56 bits per heavy atom. The highest BCUT2D eigenvalue weighted by atomic mass is 16.5. The van der Waals surface area contributed by atoms with Crippen LogP contribution in [0, 0.1) is 0 Å². The molecule has 0 unspecified atom stereocenters. The molecular weight excluding hydrogens is 348 g/mol. The zero-order valence-corrected chi connectivity index (χ0v) is 15.1. The van der Waals surface area contributed by atoms with Gasteiger partial charge in [0.25, 0.3) is 0 Å². The van der Waals surface area contributed by atoms with Gasteiger partial charge in [0, 0.05) is 33.9 Å². The SMILES string of the molecule is COc1cccc2c(O)c3c(cc12)C(=O)C1=C(C[C@@](O)([C@H](C)O)CC1)C3=O. The van der Waals surface area contributed by atoms with Crippen molar-refractivity contribution < 1.29 is 29.6 Å². The fourth-order valence-electron chi connectivity index (χ4n) is 4.10. The Bertz CT molecular complexity index is 1030. The molecule has 2 aliphatic rings. The number of carbonyl (C=O) groups excluding carboxylic acids is 2. The van der Waals surface area contributed by atoms with Gasteiger partial charge >= 0.3 is 0 Å². The molecule has 6 heteroatoms. The van der Waals surface area contributed by atoms with Crippen LogP contribution in [0.5, 0.6) is 11.5 Å². The maximum Gasteiger partial charge on any atom is 0.194 e. The summed E-state index contributed by atoms with van der Waals surface area (Å²) < 4.78 is 5.32. The molecule has 0 aliphatic heterocycles. The van der Waals surface area contributed by atoms with Crippen molar-refractivity contribution in [2.24, 2.45) is 0 Å². The lowest BCUT2D eigenvalue weighted by molar-refractivity contribution is -0.0736. The van der Waals surface area contributed by atoms with Crippen LogP contribution in [0.4, 0.5) is 0 Å². The smallest absolute Gasteiger partial charge is 0.194 e. The first-order valence-corrected chi connectivity index (χ1v) is 8.83. The largest absolute Gasteiger partial charge is 0.506 e. The molecule has 2 atom stereocenters. The number of aliphatic hydroxyl groups is 2. The van der Waals surface area contributed by atoms with Crippen LogP contribution >= 0.6 is 0 Å². The normalized spacial score (nSPS) is 23.3. The van der Waals surface area contributed by atoms with E-state index in [1.165, 1.54) is 14.0 Å². The van der Waals surface area contributed by atoms with Gasteiger partial charge in [-0.1, -0.05) is 12.1 Å². The van der Waals surface area contributed by atoms with Crippen LogP contribution < -0.4 is 4.74 Å². The lowest BCUT2D eigenvalue weighted by atomic mass is 9.70. The number of benzene rings is 2. The Morgan fingerprint density at radius 1 is 1.15 bits per heavy atom. The Kier molecular flexibility index (Phi) is 3.87. The van der Waals surface area contributed by atoms with E-state index in [2.05, 4.69) is 0 Å². The molecule has 0 radical (unpaired) electrons. The van der Waals surface area contributed by atoms with Gasteiger partial charge in [-0.2, -0.15) is 0 Å². The van der Waals surface area contributed by atoms with E-state index in [0.717, 1.165) is 0 Å². The van der Waals surface area contributed by atoms with Crippen molar-refractivity contribution in [2.45, 2.75) is 37.9 Å². The van der Waals surface area contributed by atoms with Crippen LogP contribution in [0.2, 0.25) is 0 Å². The first-order valence-electron chi connectivity index (χ1n) is 8.83. The molecule has 4 rings (SSSR count). The van der Waals surface area contributed by atoms with E-state index in [4.69, 9.17) is 4.74 Å². The van der Waals surface area contributed by atoms with E-state index < -0.39 is 17.5 Å². The van der Waals surface area contributed by atoms with Gasteiger partial charge in [0.15, 0.2) is 11.6 Å². The minimum atomic E-state index is -1.46. The van der Waals surface area contributed by atoms with Crippen molar-refractivity contribution in [1.29, 1.82) is 0 Å². The molecule has 27 heavy (non-hydrogen) atoms. The number of rotatable bonds is 2. The fourth-order valence-corrected chi connectivity index (χ4v) is 4.10. The summed E-state index contributed by atoms with van der Waals surface area (Å²) in [7, 11) is 1.50. The van der Waals surface area contributed by atoms with E-state index in [1.54, 1.807) is 24.3 Å². The van der Waals surface area contributed by atoms with Crippen molar-refractivity contribution in [3.8, 4) is 11.5 Å². The highest BCUT2D eigenvalue weighted by Gasteiger charge is 2.45. The van der Waals surface area contributed by atoms with E-state index >= 15 is 0 Å². The topological polar surface area (TPSA) is 104 Å². The van der Waals surface area contributed by atoms with Crippen molar-refractivity contribution >= 4 is 22.3 Å². The van der Waals surface area contributed by atoms with Gasteiger partial charge < -0.3 is 20.1 Å². The second kappa shape index (κ2) is 5.90. The Hall–Kier alpha value is -2.70. The van der Waals surface area contributed by atoms with Gasteiger partial charge in [-0.15, -0.1) is 0 Å². The molecule has 6 nitrogen and oxygen atoms in total. The number of aromatic hydroxyl groups is 1.